The molecule has 3 rings (SSSR count). The molecule has 0 atom stereocenters. The van der Waals surface area contributed by atoms with E-state index in [-0.39, 0.29) is 11.5 Å². The molecule has 154 valence electrons. The van der Waals surface area contributed by atoms with Crippen LogP contribution in [0.3, 0.4) is 0 Å². The summed E-state index contributed by atoms with van der Waals surface area (Å²) in [6, 6.07) is 13.9. The molecule has 1 aliphatic rings. The highest BCUT2D eigenvalue weighted by Crippen LogP contribution is 2.33. The number of amides is 4. The molecular weight excluding hydrogens is 406 g/mol. The van der Waals surface area contributed by atoms with Crippen LogP contribution in [-0.2, 0) is 14.4 Å². The lowest BCUT2D eigenvalue weighted by atomic mass is 10.2. The molecule has 30 heavy (non-hydrogen) atoms. The van der Waals surface area contributed by atoms with E-state index in [2.05, 4.69) is 5.32 Å². The van der Waals surface area contributed by atoms with E-state index in [1.165, 1.54) is 6.08 Å². The maximum Gasteiger partial charge on any atom is 0.294 e. The Balaban J connectivity index is 1.71. The maximum absolute atomic E-state index is 12.7. The van der Waals surface area contributed by atoms with Gasteiger partial charge in [-0.05, 0) is 43.0 Å². The number of carbonyl (C=O) groups is 4. The zero-order chi connectivity index (χ0) is 21.7. The molecule has 0 bridgehead atoms. The van der Waals surface area contributed by atoms with Crippen molar-refractivity contribution in [1.29, 1.82) is 0 Å². The lowest BCUT2D eigenvalue weighted by molar-refractivity contribution is -0.127. The van der Waals surface area contributed by atoms with Crippen molar-refractivity contribution in [2.75, 3.05) is 18.5 Å². The van der Waals surface area contributed by atoms with Crippen LogP contribution in [0.5, 0.6) is 5.75 Å². The van der Waals surface area contributed by atoms with Gasteiger partial charge in [0.05, 0.1) is 4.91 Å². The molecule has 8 nitrogen and oxygen atoms in total. The van der Waals surface area contributed by atoms with Crippen LogP contribution in [0.25, 0.3) is 6.08 Å². The van der Waals surface area contributed by atoms with E-state index in [9.17, 15) is 19.2 Å². The number of hydrogen-bond donors (Lipinski definition) is 2. The fourth-order valence-corrected chi connectivity index (χ4v) is 3.47. The van der Waals surface area contributed by atoms with Crippen LogP contribution in [0.2, 0.25) is 0 Å². The predicted molar refractivity (Wildman–Crippen MR) is 114 cm³/mol. The summed E-state index contributed by atoms with van der Waals surface area (Å²) in [5, 5.41) is 2.12. The summed E-state index contributed by atoms with van der Waals surface area (Å²) in [6.07, 6.45) is 1.49. The van der Waals surface area contributed by atoms with Crippen LogP contribution in [0, 0.1) is 6.92 Å². The van der Waals surface area contributed by atoms with Gasteiger partial charge in [0.1, 0.15) is 12.3 Å². The van der Waals surface area contributed by atoms with Gasteiger partial charge in [-0.15, -0.1) is 0 Å². The molecule has 1 aliphatic heterocycles. The number of nitrogens with two attached hydrogens (primary N) is 1. The normalized spacial score (nSPS) is 14.8. The van der Waals surface area contributed by atoms with Gasteiger partial charge in [0.15, 0.2) is 6.61 Å². The fourth-order valence-electron chi connectivity index (χ4n) is 2.64. The Kier molecular flexibility index (Phi) is 6.53. The van der Waals surface area contributed by atoms with E-state index in [4.69, 9.17) is 10.5 Å². The first kappa shape index (κ1) is 21.1. The highest BCUT2D eigenvalue weighted by molar-refractivity contribution is 8.18. The van der Waals surface area contributed by atoms with Gasteiger partial charge in [-0.3, -0.25) is 24.1 Å². The molecular formula is C21H19N3O5S. The van der Waals surface area contributed by atoms with Gasteiger partial charge in [0.2, 0.25) is 5.91 Å². The number of para-hydroxylation sites is 1. The number of thioether (sulfide) groups is 1. The molecule has 1 heterocycles. The minimum Gasteiger partial charge on any atom is -0.483 e. The number of nitrogens with one attached hydrogen (secondary N) is 1. The van der Waals surface area contributed by atoms with Crippen molar-refractivity contribution in [3.8, 4) is 5.75 Å². The number of hydrogen-bond acceptors (Lipinski definition) is 6. The van der Waals surface area contributed by atoms with Crippen LogP contribution in [0.15, 0.2) is 53.4 Å². The number of carbonyl (C=O) groups excluding carboxylic acids is 4. The quantitative estimate of drug-likeness (QED) is 0.658. The van der Waals surface area contributed by atoms with Crippen molar-refractivity contribution >= 4 is 46.5 Å². The smallest absolute Gasteiger partial charge is 0.294 e. The second kappa shape index (κ2) is 9.27. The number of aryl methyl sites for hydroxylation is 1. The number of rotatable bonds is 7. The third kappa shape index (κ3) is 5.26. The van der Waals surface area contributed by atoms with Crippen LogP contribution >= 0.6 is 11.8 Å². The average molecular weight is 425 g/mol. The first-order valence-electron chi connectivity index (χ1n) is 8.95. The van der Waals surface area contributed by atoms with Crippen LogP contribution in [0.4, 0.5) is 10.5 Å². The third-order valence-electron chi connectivity index (χ3n) is 4.09. The van der Waals surface area contributed by atoms with E-state index >= 15 is 0 Å². The molecule has 0 spiro atoms. The molecule has 0 saturated carbocycles. The molecule has 2 aromatic rings. The lowest BCUT2D eigenvalue weighted by Gasteiger charge is -2.12. The van der Waals surface area contributed by atoms with Gasteiger partial charge in [-0.1, -0.05) is 35.9 Å². The molecule has 0 radical (unpaired) electrons. The average Bonchev–Trinajstić information content (AvgIpc) is 2.96. The summed E-state index contributed by atoms with van der Waals surface area (Å²) in [6.45, 7) is 1.22. The zero-order valence-corrected chi connectivity index (χ0v) is 16.9. The molecule has 2 aromatic carbocycles. The highest BCUT2D eigenvalue weighted by Gasteiger charge is 2.36. The molecule has 9 heteroatoms. The van der Waals surface area contributed by atoms with Crippen molar-refractivity contribution in [3.05, 3.63) is 64.6 Å². The Morgan fingerprint density at radius 1 is 1.13 bits per heavy atom. The van der Waals surface area contributed by atoms with E-state index in [0.29, 0.717) is 17.0 Å². The maximum atomic E-state index is 12.7. The van der Waals surface area contributed by atoms with Gasteiger partial charge in [-0.2, -0.15) is 0 Å². The number of nitrogens with zero attached hydrogens (tertiary/aromatic N) is 1. The van der Waals surface area contributed by atoms with Crippen molar-refractivity contribution < 1.29 is 23.9 Å². The van der Waals surface area contributed by atoms with Crippen molar-refractivity contribution in [2.45, 2.75) is 6.92 Å². The lowest BCUT2D eigenvalue weighted by Crippen LogP contribution is -2.36. The van der Waals surface area contributed by atoms with Crippen LogP contribution in [0.1, 0.15) is 11.1 Å². The van der Waals surface area contributed by atoms with Crippen molar-refractivity contribution in [1.82, 2.24) is 4.90 Å². The first-order valence-corrected chi connectivity index (χ1v) is 9.77. The molecule has 1 saturated heterocycles. The molecule has 4 amide bonds. The Hall–Kier alpha value is -3.59. The van der Waals surface area contributed by atoms with Crippen molar-refractivity contribution in [3.63, 3.8) is 0 Å². The minimum absolute atomic E-state index is 0.151. The Morgan fingerprint density at radius 2 is 1.83 bits per heavy atom. The first-order chi connectivity index (χ1) is 14.3. The minimum atomic E-state index is -0.635. The summed E-state index contributed by atoms with van der Waals surface area (Å²) < 4.78 is 5.33. The SMILES string of the molecule is Cc1ccc(NC(=O)CN2C(=O)SC(=Cc3ccccc3OCC(N)=O)C2=O)cc1. The van der Waals surface area contributed by atoms with Gasteiger partial charge in [0.25, 0.3) is 17.1 Å². The van der Waals surface area contributed by atoms with Crippen LogP contribution in [-0.4, -0.2) is 41.0 Å². The van der Waals surface area contributed by atoms with E-state index in [1.54, 1.807) is 36.4 Å². The van der Waals surface area contributed by atoms with Gasteiger partial charge < -0.3 is 15.8 Å². The summed E-state index contributed by atoms with van der Waals surface area (Å²) in [5.74, 6) is -1.34. The van der Waals surface area contributed by atoms with Gasteiger partial charge in [0, 0.05) is 11.3 Å². The fraction of sp³-hybridized carbons (Fsp3) is 0.143. The van der Waals surface area contributed by atoms with Gasteiger partial charge >= 0.3 is 0 Å². The largest absolute Gasteiger partial charge is 0.483 e. The van der Waals surface area contributed by atoms with Crippen LogP contribution < -0.4 is 15.8 Å². The summed E-state index contributed by atoms with van der Waals surface area (Å²) in [7, 11) is 0. The zero-order valence-electron chi connectivity index (χ0n) is 16.1. The molecule has 0 unspecified atom stereocenters. The summed E-state index contributed by atoms with van der Waals surface area (Å²) in [5.41, 5.74) is 7.23. The number of ether oxygens (including phenoxy) is 1. The van der Waals surface area contributed by atoms with Gasteiger partial charge in [-0.25, -0.2) is 0 Å². The van der Waals surface area contributed by atoms with E-state index in [1.807, 2.05) is 19.1 Å². The standard InChI is InChI=1S/C21H19N3O5S/c1-13-6-8-15(9-7-13)23-19(26)11-24-20(27)17(30-21(24)28)10-14-4-2-3-5-16(14)29-12-18(22)25/h2-10H,11-12H2,1H3,(H2,22,25)(H,23,26). The molecule has 0 aromatic heterocycles. The summed E-state index contributed by atoms with van der Waals surface area (Å²) >= 11 is 0.731. The number of anilines is 1. The Bertz CT molecular complexity index is 1030. The molecule has 3 N–H and O–H groups in total. The molecule has 0 aliphatic carbocycles. The monoisotopic (exact) mass is 425 g/mol. The number of primary amides is 1. The predicted octanol–water partition coefficient (Wildman–Crippen LogP) is 2.53. The van der Waals surface area contributed by atoms with E-state index in [0.717, 1.165) is 22.2 Å². The topological polar surface area (TPSA) is 119 Å². The second-order valence-corrected chi connectivity index (χ2v) is 7.47. The second-order valence-electron chi connectivity index (χ2n) is 6.47. The van der Waals surface area contributed by atoms with Crippen molar-refractivity contribution in [2.24, 2.45) is 5.73 Å². The molecule has 1 fully saturated rings. The Labute approximate surface area is 177 Å². The van der Waals surface area contributed by atoms with E-state index < -0.39 is 29.5 Å². The number of benzene rings is 2. The number of imide groups is 1. The highest BCUT2D eigenvalue weighted by atomic mass is 32.2. The summed E-state index contributed by atoms with van der Waals surface area (Å²) in [4.78, 5) is 49.2. The third-order valence-corrected chi connectivity index (χ3v) is 4.99. The Morgan fingerprint density at radius 3 is 2.53 bits per heavy atom.